The van der Waals surface area contributed by atoms with E-state index in [1.54, 1.807) is 31.2 Å². The predicted molar refractivity (Wildman–Crippen MR) is 88.3 cm³/mol. The maximum atomic E-state index is 12.5. The molecule has 0 radical (unpaired) electrons. The molecule has 0 fully saturated rings. The molecule has 2 rings (SSSR count). The number of nitrogens with zero attached hydrogens (tertiary/aromatic N) is 1. The summed E-state index contributed by atoms with van der Waals surface area (Å²) < 4.78 is 4.75. The minimum absolute atomic E-state index is 0.272. The van der Waals surface area contributed by atoms with Crippen molar-refractivity contribution < 1.29 is 14.3 Å². The minimum atomic E-state index is -0.602. The zero-order valence-electron chi connectivity index (χ0n) is 13.6. The molecular formula is C17H19ClN2O3. The van der Waals surface area contributed by atoms with Crippen LogP contribution in [-0.2, 0) is 9.53 Å². The molecule has 0 aliphatic heterocycles. The third-order valence-corrected chi connectivity index (χ3v) is 4.00. The quantitative estimate of drug-likeness (QED) is 0.681. The summed E-state index contributed by atoms with van der Waals surface area (Å²) in [5.41, 5.74) is 1.83. The van der Waals surface area contributed by atoms with Gasteiger partial charge >= 0.3 is 5.97 Å². The molecule has 1 aromatic heterocycles. The highest BCUT2D eigenvalue weighted by atomic mass is 35.5. The van der Waals surface area contributed by atoms with Crippen molar-refractivity contribution in [1.29, 1.82) is 0 Å². The van der Waals surface area contributed by atoms with Gasteiger partial charge in [0.05, 0.1) is 18.2 Å². The highest BCUT2D eigenvalue weighted by Gasteiger charge is 2.30. The van der Waals surface area contributed by atoms with E-state index in [1.807, 2.05) is 13.8 Å². The van der Waals surface area contributed by atoms with E-state index >= 15 is 0 Å². The number of amides is 1. The second kappa shape index (κ2) is 6.54. The summed E-state index contributed by atoms with van der Waals surface area (Å²) in [6, 6.07) is 3.40. The number of esters is 1. The van der Waals surface area contributed by atoms with Gasteiger partial charge in [-0.2, -0.15) is 0 Å². The number of hydrogen-bond acceptors (Lipinski definition) is 4. The van der Waals surface area contributed by atoms with E-state index in [2.05, 4.69) is 10.3 Å². The number of halogens is 1. The largest absolute Gasteiger partial charge is 0.465 e. The van der Waals surface area contributed by atoms with E-state index in [9.17, 15) is 9.59 Å². The number of ether oxygens (including phenoxy) is 1. The summed E-state index contributed by atoms with van der Waals surface area (Å²) in [7, 11) is 1.35. The number of nitrogens with one attached hydrogen (secondary N) is 1. The summed E-state index contributed by atoms with van der Waals surface area (Å²) in [4.78, 5) is 28.3. The third kappa shape index (κ3) is 3.79. The lowest BCUT2D eigenvalue weighted by Crippen LogP contribution is -2.46. The normalized spacial score (nSPS) is 20.4. The zero-order valence-corrected chi connectivity index (χ0v) is 14.3. The molecule has 122 valence electrons. The molecule has 0 spiro atoms. The average Bonchev–Trinajstić information content (AvgIpc) is 2.48. The fourth-order valence-corrected chi connectivity index (χ4v) is 2.75. The van der Waals surface area contributed by atoms with Gasteiger partial charge in [0, 0.05) is 0 Å². The Balaban J connectivity index is 2.20. The van der Waals surface area contributed by atoms with Crippen LogP contribution in [0, 0.1) is 6.92 Å². The van der Waals surface area contributed by atoms with Crippen LogP contribution in [-0.4, -0.2) is 29.5 Å². The Morgan fingerprint density at radius 2 is 2.04 bits per heavy atom. The lowest BCUT2D eigenvalue weighted by atomic mass is 9.85. The number of carbonyl (C=O) groups is 2. The van der Waals surface area contributed by atoms with Gasteiger partial charge in [-0.05, 0) is 44.9 Å². The molecule has 0 saturated heterocycles. The number of carbonyl (C=O) groups excluding carboxylic acids is 2. The van der Waals surface area contributed by atoms with Crippen LogP contribution in [0.5, 0.6) is 0 Å². The average molecular weight is 335 g/mol. The van der Waals surface area contributed by atoms with Gasteiger partial charge in [-0.25, -0.2) is 9.78 Å². The van der Waals surface area contributed by atoms with Crippen LogP contribution in [0.2, 0.25) is 5.15 Å². The molecule has 0 bridgehead atoms. The van der Waals surface area contributed by atoms with Gasteiger partial charge in [0.1, 0.15) is 10.8 Å². The Labute approximate surface area is 140 Å². The summed E-state index contributed by atoms with van der Waals surface area (Å²) in [5.74, 6) is -0.675. The van der Waals surface area contributed by atoms with Gasteiger partial charge in [0.25, 0.3) is 5.91 Å². The van der Waals surface area contributed by atoms with E-state index in [1.165, 1.54) is 7.11 Å². The number of methoxy groups -OCH3 is 1. The lowest BCUT2D eigenvalue weighted by molar-refractivity contribution is -0.135. The van der Waals surface area contributed by atoms with Crippen molar-refractivity contribution in [2.45, 2.75) is 32.7 Å². The van der Waals surface area contributed by atoms with Crippen molar-refractivity contribution in [1.82, 2.24) is 10.3 Å². The van der Waals surface area contributed by atoms with E-state index in [0.29, 0.717) is 17.7 Å². The molecule has 1 aromatic rings. The molecule has 1 aliphatic carbocycles. The number of pyridine rings is 1. The van der Waals surface area contributed by atoms with Gasteiger partial charge < -0.3 is 10.1 Å². The number of aryl methyl sites for hydroxylation is 1. The number of hydrogen-bond donors (Lipinski definition) is 1. The summed E-state index contributed by atoms with van der Waals surface area (Å²) in [6.45, 7) is 5.54. The van der Waals surface area contributed by atoms with Gasteiger partial charge in [-0.15, -0.1) is 0 Å². The molecular weight excluding hydrogens is 316 g/mol. The van der Waals surface area contributed by atoms with Crippen LogP contribution in [0.25, 0.3) is 0 Å². The predicted octanol–water partition coefficient (Wildman–Crippen LogP) is 2.98. The molecule has 1 aliphatic rings. The Morgan fingerprint density at radius 3 is 2.65 bits per heavy atom. The minimum Gasteiger partial charge on any atom is -0.465 e. The Hall–Kier alpha value is -2.14. The number of rotatable bonds is 3. The van der Waals surface area contributed by atoms with Gasteiger partial charge in [0.15, 0.2) is 0 Å². The molecule has 0 aromatic carbocycles. The van der Waals surface area contributed by atoms with Crippen LogP contribution in [0.3, 0.4) is 0 Å². The molecule has 6 heteroatoms. The van der Waals surface area contributed by atoms with E-state index < -0.39 is 5.54 Å². The Morgan fingerprint density at radius 1 is 1.35 bits per heavy atom. The second-order valence-electron chi connectivity index (χ2n) is 5.87. The molecule has 1 atom stereocenters. The molecule has 1 heterocycles. The van der Waals surface area contributed by atoms with Crippen LogP contribution in [0.1, 0.15) is 36.3 Å². The molecule has 1 amide bonds. The van der Waals surface area contributed by atoms with Gasteiger partial charge in [-0.3, -0.25) is 4.79 Å². The number of aromatic nitrogens is 1. The first-order valence-corrected chi connectivity index (χ1v) is 7.56. The van der Waals surface area contributed by atoms with Crippen LogP contribution in [0.4, 0.5) is 0 Å². The standard InChI is InChI=1S/C17H19ClN2O3/c1-10-5-6-13(18)19-14(10)15(21)20-17(3)8-7-12(11(2)9-17)16(22)23-4/h5-8H,9H2,1-4H3,(H,20,21). The van der Waals surface area contributed by atoms with Gasteiger partial charge in [-0.1, -0.05) is 29.3 Å². The first-order valence-electron chi connectivity index (χ1n) is 7.19. The SMILES string of the molecule is COC(=O)C1=C(C)CC(C)(NC(=O)c2nc(Cl)ccc2C)C=C1. The van der Waals surface area contributed by atoms with Crippen LogP contribution < -0.4 is 5.32 Å². The first kappa shape index (κ1) is 17.2. The maximum absolute atomic E-state index is 12.5. The first-order chi connectivity index (χ1) is 10.8. The van der Waals surface area contributed by atoms with Crippen molar-refractivity contribution >= 4 is 23.5 Å². The van der Waals surface area contributed by atoms with Gasteiger partial charge in [0.2, 0.25) is 0 Å². The molecule has 1 N–H and O–H groups in total. The highest BCUT2D eigenvalue weighted by molar-refractivity contribution is 6.29. The smallest absolute Gasteiger partial charge is 0.337 e. The Kier molecular flexibility index (Phi) is 4.90. The topological polar surface area (TPSA) is 68.3 Å². The van der Waals surface area contributed by atoms with Crippen molar-refractivity contribution in [3.63, 3.8) is 0 Å². The highest BCUT2D eigenvalue weighted by Crippen LogP contribution is 2.27. The van der Waals surface area contributed by atoms with Crippen molar-refractivity contribution in [3.8, 4) is 0 Å². The van der Waals surface area contributed by atoms with Crippen LogP contribution >= 0.6 is 11.6 Å². The van der Waals surface area contributed by atoms with Crippen molar-refractivity contribution in [2.24, 2.45) is 0 Å². The molecule has 5 nitrogen and oxygen atoms in total. The zero-order chi connectivity index (χ0) is 17.2. The fourth-order valence-electron chi connectivity index (χ4n) is 2.61. The summed E-state index contributed by atoms with van der Waals surface area (Å²) >= 11 is 5.87. The fraction of sp³-hybridized carbons (Fsp3) is 0.353. The second-order valence-corrected chi connectivity index (χ2v) is 6.25. The van der Waals surface area contributed by atoms with Crippen LogP contribution in [0.15, 0.2) is 35.4 Å². The molecule has 1 unspecified atom stereocenters. The third-order valence-electron chi connectivity index (χ3n) is 3.79. The van der Waals surface area contributed by atoms with E-state index in [-0.39, 0.29) is 17.0 Å². The molecule has 23 heavy (non-hydrogen) atoms. The Bertz CT molecular complexity index is 725. The lowest BCUT2D eigenvalue weighted by Gasteiger charge is -2.31. The maximum Gasteiger partial charge on any atom is 0.337 e. The summed E-state index contributed by atoms with van der Waals surface area (Å²) in [6.07, 6.45) is 3.99. The van der Waals surface area contributed by atoms with E-state index in [4.69, 9.17) is 16.3 Å². The summed E-state index contributed by atoms with van der Waals surface area (Å²) in [5, 5.41) is 3.23. The van der Waals surface area contributed by atoms with Crippen molar-refractivity contribution in [3.05, 3.63) is 51.8 Å². The van der Waals surface area contributed by atoms with Crippen molar-refractivity contribution in [2.75, 3.05) is 7.11 Å². The molecule has 0 saturated carbocycles. The monoisotopic (exact) mass is 334 g/mol. The van der Waals surface area contributed by atoms with E-state index in [0.717, 1.165) is 11.1 Å².